The van der Waals surface area contributed by atoms with Gasteiger partial charge in [0, 0.05) is 11.6 Å². The monoisotopic (exact) mass is 514 g/mol. The van der Waals surface area contributed by atoms with Gasteiger partial charge < -0.3 is 10.1 Å². The van der Waals surface area contributed by atoms with Crippen LogP contribution >= 0.6 is 0 Å². The number of carbonyl (C=O) groups is 1. The first-order valence-electron chi connectivity index (χ1n) is 11.5. The van der Waals surface area contributed by atoms with Crippen LogP contribution in [0.1, 0.15) is 16.7 Å². The maximum atomic E-state index is 13.5. The van der Waals surface area contributed by atoms with E-state index in [9.17, 15) is 23.2 Å². The summed E-state index contributed by atoms with van der Waals surface area (Å²) in [6.07, 6.45) is 2.47. The molecule has 0 saturated carbocycles. The Hall–Kier alpha value is -5.12. The standard InChI is InChI=1S/C28H20F2N4O4/c29-21-10-3-18(4-11-21)15-33-26-24(27(37)34(28(33)38)16-19-5-12-22(30)13-6-19)31-25(32-26)20-8-1-17(2-9-20)7-14-23(35)36/h1-14H,15-16H2,(H,31,32)(H,35,36)/b14-7+. The lowest BCUT2D eigenvalue weighted by Crippen LogP contribution is -2.40. The molecular formula is C28H20F2N4O4. The Morgan fingerprint density at radius 2 is 1.39 bits per heavy atom. The predicted octanol–water partition coefficient (Wildman–Crippen LogP) is 4.03. The number of H-pyrrole nitrogens is 1. The highest BCUT2D eigenvalue weighted by molar-refractivity contribution is 5.85. The molecule has 5 aromatic rings. The lowest BCUT2D eigenvalue weighted by atomic mass is 10.1. The number of rotatable bonds is 7. The molecule has 0 bridgehead atoms. The van der Waals surface area contributed by atoms with Crippen LogP contribution in [0.2, 0.25) is 0 Å². The summed E-state index contributed by atoms with van der Waals surface area (Å²) in [4.78, 5) is 45.2. The van der Waals surface area contributed by atoms with Gasteiger partial charge in [0.1, 0.15) is 23.1 Å². The number of hydrogen-bond donors (Lipinski definition) is 2. The molecule has 0 amide bonds. The number of halogens is 2. The van der Waals surface area contributed by atoms with Crippen molar-refractivity contribution in [2.24, 2.45) is 0 Å². The van der Waals surface area contributed by atoms with Gasteiger partial charge >= 0.3 is 11.7 Å². The minimum Gasteiger partial charge on any atom is -0.478 e. The molecule has 8 nitrogen and oxygen atoms in total. The van der Waals surface area contributed by atoms with E-state index in [1.54, 1.807) is 36.4 Å². The number of imidazole rings is 1. The fourth-order valence-corrected chi connectivity index (χ4v) is 4.05. The van der Waals surface area contributed by atoms with Crippen molar-refractivity contribution in [2.75, 3.05) is 0 Å². The van der Waals surface area contributed by atoms with Gasteiger partial charge in [0.2, 0.25) is 0 Å². The fraction of sp³-hybridized carbons (Fsp3) is 0.0714. The van der Waals surface area contributed by atoms with E-state index in [-0.39, 0.29) is 24.3 Å². The van der Waals surface area contributed by atoms with Gasteiger partial charge in [-0.1, -0.05) is 48.5 Å². The molecule has 0 spiro atoms. The Kier molecular flexibility index (Phi) is 6.53. The molecule has 2 aromatic heterocycles. The van der Waals surface area contributed by atoms with Crippen LogP contribution in [0.5, 0.6) is 0 Å². The van der Waals surface area contributed by atoms with Gasteiger partial charge in [0.15, 0.2) is 5.52 Å². The van der Waals surface area contributed by atoms with E-state index >= 15 is 0 Å². The van der Waals surface area contributed by atoms with Crippen LogP contribution in [0.4, 0.5) is 8.78 Å². The lowest BCUT2D eigenvalue weighted by molar-refractivity contribution is -0.131. The van der Waals surface area contributed by atoms with Crippen molar-refractivity contribution in [2.45, 2.75) is 13.1 Å². The molecule has 0 radical (unpaired) electrons. The molecule has 0 atom stereocenters. The van der Waals surface area contributed by atoms with Crippen LogP contribution in [0, 0.1) is 11.6 Å². The summed E-state index contributed by atoms with van der Waals surface area (Å²) >= 11 is 0. The number of aliphatic carboxylic acids is 1. The largest absolute Gasteiger partial charge is 0.478 e. The van der Waals surface area contributed by atoms with Crippen molar-refractivity contribution >= 4 is 23.2 Å². The Morgan fingerprint density at radius 1 is 0.842 bits per heavy atom. The molecular weight excluding hydrogens is 494 g/mol. The second-order valence-electron chi connectivity index (χ2n) is 8.59. The second kappa shape index (κ2) is 10.1. The zero-order chi connectivity index (χ0) is 26.8. The smallest absolute Gasteiger partial charge is 0.333 e. The zero-order valence-electron chi connectivity index (χ0n) is 19.8. The summed E-state index contributed by atoms with van der Waals surface area (Å²) in [5.74, 6) is -1.59. The van der Waals surface area contributed by atoms with E-state index in [1.165, 1.54) is 47.0 Å². The van der Waals surface area contributed by atoms with Crippen molar-refractivity contribution < 1.29 is 18.7 Å². The van der Waals surface area contributed by atoms with Gasteiger partial charge in [0.05, 0.1) is 13.1 Å². The van der Waals surface area contributed by atoms with Crippen LogP contribution in [-0.4, -0.2) is 30.2 Å². The number of nitrogens with zero attached hydrogens (tertiary/aromatic N) is 3. The number of carboxylic acids is 1. The van der Waals surface area contributed by atoms with E-state index in [0.29, 0.717) is 28.1 Å². The summed E-state index contributed by atoms with van der Waals surface area (Å²) in [6.45, 7) is -0.0516. The molecule has 190 valence electrons. The first-order valence-corrected chi connectivity index (χ1v) is 11.5. The Balaban J connectivity index is 1.63. The summed E-state index contributed by atoms with van der Waals surface area (Å²) in [6, 6.07) is 17.9. The first kappa shape index (κ1) is 24.6. The molecule has 0 fully saturated rings. The topological polar surface area (TPSA) is 110 Å². The van der Waals surface area contributed by atoms with Crippen molar-refractivity contribution in [1.29, 1.82) is 0 Å². The maximum Gasteiger partial charge on any atom is 0.333 e. The molecule has 38 heavy (non-hydrogen) atoms. The van der Waals surface area contributed by atoms with Gasteiger partial charge in [-0.2, -0.15) is 0 Å². The number of hydrogen-bond acceptors (Lipinski definition) is 4. The van der Waals surface area contributed by atoms with Crippen molar-refractivity contribution in [1.82, 2.24) is 19.1 Å². The minimum atomic E-state index is -1.07. The third-order valence-electron chi connectivity index (χ3n) is 5.97. The summed E-state index contributed by atoms with van der Waals surface area (Å²) in [7, 11) is 0. The van der Waals surface area contributed by atoms with E-state index in [0.717, 1.165) is 10.6 Å². The predicted molar refractivity (Wildman–Crippen MR) is 138 cm³/mol. The van der Waals surface area contributed by atoms with E-state index < -0.39 is 28.9 Å². The highest BCUT2D eigenvalue weighted by Gasteiger charge is 2.19. The van der Waals surface area contributed by atoms with Gasteiger partial charge in [-0.25, -0.2) is 23.4 Å². The second-order valence-corrected chi connectivity index (χ2v) is 8.59. The molecule has 10 heteroatoms. The molecule has 3 aromatic carbocycles. The zero-order valence-corrected chi connectivity index (χ0v) is 19.8. The number of aromatic amines is 1. The van der Waals surface area contributed by atoms with Crippen molar-refractivity contribution in [3.8, 4) is 11.4 Å². The molecule has 2 N–H and O–H groups in total. The molecule has 0 saturated heterocycles. The highest BCUT2D eigenvalue weighted by Crippen LogP contribution is 2.20. The number of nitrogens with one attached hydrogen (secondary N) is 1. The SMILES string of the molecule is O=C(O)/C=C/c1ccc(-c2nc3c(=O)n(Cc4ccc(F)cc4)c(=O)n(Cc4ccc(F)cc4)c3[nH]2)cc1. The summed E-state index contributed by atoms with van der Waals surface area (Å²) in [5.41, 5.74) is 1.45. The number of benzene rings is 3. The van der Waals surface area contributed by atoms with E-state index in [1.807, 2.05) is 0 Å². The Morgan fingerprint density at radius 3 is 1.95 bits per heavy atom. The number of fused-ring (bicyclic) bond motifs is 1. The molecule has 0 aliphatic rings. The number of carboxylic acid groups (broad SMARTS) is 1. The van der Waals surface area contributed by atoms with Crippen LogP contribution < -0.4 is 11.2 Å². The number of aromatic nitrogens is 4. The highest BCUT2D eigenvalue weighted by atomic mass is 19.1. The summed E-state index contributed by atoms with van der Waals surface area (Å²) < 4.78 is 29.2. The fourth-order valence-electron chi connectivity index (χ4n) is 4.05. The first-order chi connectivity index (χ1) is 18.3. The molecule has 0 aliphatic carbocycles. The van der Waals surface area contributed by atoms with Gasteiger partial charge in [-0.05, 0) is 47.0 Å². The third-order valence-corrected chi connectivity index (χ3v) is 5.97. The molecule has 2 heterocycles. The molecule has 0 unspecified atom stereocenters. The van der Waals surface area contributed by atoms with Crippen molar-refractivity contribution in [3.63, 3.8) is 0 Å². The third kappa shape index (κ3) is 5.05. The van der Waals surface area contributed by atoms with Crippen molar-refractivity contribution in [3.05, 3.63) is 128 Å². The van der Waals surface area contributed by atoms with E-state index in [2.05, 4.69) is 9.97 Å². The molecule has 5 rings (SSSR count). The van der Waals surface area contributed by atoms with Crippen LogP contribution in [0.25, 0.3) is 28.6 Å². The Bertz CT molecular complexity index is 1780. The maximum absolute atomic E-state index is 13.5. The Labute approximate surface area is 213 Å². The van der Waals surface area contributed by atoms with Gasteiger partial charge in [0.25, 0.3) is 5.56 Å². The lowest BCUT2D eigenvalue weighted by Gasteiger charge is -2.12. The summed E-state index contributed by atoms with van der Waals surface area (Å²) in [5, 5.41) is 8.81. The van der Waals surface area contributed by atoms with Gasteiger partial charge in [-0.15, -0.1) is 0 Å². The van der Waals surface area contributed by atoms with Crippen LogP contribution in [0.15, 0.2) is 88.5 Å². The van der Waals surface area contributed by atoms with Gasteiger partial charge in [-0.3, -0.25) is 13.9 Å². The normalized spacial score (nSPS) is 11.4. The quantitative estimate of drug-likeness (QED) is 0.319. The van der Waals surface area contributed by atoms with Crippen LogP contribution in [0.3, 0.4) is 0 Å². The average Bonchev–Trinajstić information content (AvgIpc) is 3.36. The average molecular weight is 514 g/mol. The minimum absolute atomic E-state index is 0.0265. The van der Waals surface area contributed by atoms with Crippen LogP contribution in [-0.2, 0) is 17.9 Å². The van der Waals surface area contributed by atoms with E-state index in [4.69, 9.17) is 5.11 Å². The molecule has 0 aliphatic heterocycles.